The van der Waals surface area contributed by atoms with Gasteiger partial charge >= 0.3 is 5.97 Å². The lowest BCUT2D eigenvalue weighted by Crippen LogP contribution is -2.00. The molecule has 0 radical (unpaired) electrons. The Morgan fingerprint density at radius 2 is 2.35 bits per heavy atom. The fraction of sp³-hybridized carbons (Fsp3) is 0.333. The zero-order chi connectivity index (χ0) is 12.3. The third-order valence-corrected chi connectivity index (χ3v) is 3.31. The van der Waals surface area contributed by atoms with Crippen molar-refractivity contribution in [1.82, 2.24) is 4.98 Å². The Morgan fingerprint density at radius 3 is 3.06 bits per heavy atom. The number of ether oxygens (including phenoxy) is 1. The summed E-state index contributed by atoms with van der Waals surface area (Å²) in [7, 11) is 1.38. The summed E-state index contributed by atoms with van der Waals surface area (Å²) in [5.41, 5.74) is 1.46. The quantitative estimate of drug-likeness (QED) is 0.848. The second-order valence-corrected chi connectivity index (χ2v) is 4.65. The molecule has 0 atom stereocenters. The van der Waals surface area contributed by atoms with Crippen molar-refractivity contribution in [2.24, 2.45) is 0 Å². The molecular formula is C12H14N2O2S. The molecule has 0 fully saturated rings. The van der Waals surface area contributed by atoms with Crippen LogP contribution in [0.4, 0.5) is 5.13 Å². The zero-order valence-corrected chi connectivity index (χ0v) is 10.6. The zero-order valence-electron chi connectivity index (χ0n) is 9.82. The average Bonchev–Trinajstić information content (AvgIpc) is 2.76. The monoisotopic (exact) mass is 250 g/mol. The van der Waals surface area contributed by atoms with Crippen molar-refractivity contribution in [2.75, 3.05) is 19.0 Å². The number of hydrogen-bond acceptors (Lipinski definition) is 5. The Balaban J connectivity index is 2.31. The highest BCUT2D eigenvalue weighted by Gasteiger charge is 2.09. The van der Waals surface area contributed by atoms with Gasteiger partial charge in [-0.05, 0) is 24.6 Å². The molecule has 0 saturated heterocycles. The van der Waals surface area contributed by atoms with Gasteiger partial charge in [0.05, 0.1) is 22.9 Å². The van der Waals surface area contributed by atoms with Gasteiger partial charge in [0.2, 0.25) is 0 Å². The lowest BCUT2D eigenvalue weighted by Gasteiger charge is -1.97. The smallest absolute Gasteiger partial charge is 0.337 e. The SMILES string of the molecule is CCCNc1nc2ccc(C(=O)OC)cc2s1. The lowest BCUT2D eigenvalue weighted by molar-refractivity contribution is 0.0601. The average molecular weight is 250 g/mol. The van der Waals surface area contributed by atoms with E-state index in [2.05, 4.69) is 22.0 Å². The van der Waals surface area contributed by atoms with E-state index in [0.717, 1.165) is 28.3 Å². The number of thiazole rings is 1. The normalized spacial score (nSPS) is 10.5. The lowest BCUT2D eigenvalue weighted by atomic mass is 10.2. The molecule has 0 aliphatic carbocycles. The van der Waals surface area contributed by atoms with Crippen LogP contribution in [0.1, 0.15) is 23.7 Å². The van der Waals surface area contributed by atoms with Gasteiger partial charge in [0.25, 0.3) is 0 Å². The fourth-order valence-electron chi connectivity index (χ4n) is 1.48. The molecule has 1 aromatic heterocycles. The summed E-state index contributed by atoms with van der Waals surface area (Å²) in [4.78, 5) is 15.8. The molecule has 0 spiro atoms. The molecule has 1 N–H and O–H groups in total. The van der Waals surface area contributed by atoms with Crippen LogP contribution in [0, 0.1) is 0 Å². The Kier molecular flexibility index (Phi) is 3.58. The molecule has 2 rings (SSSR count). The summed E-state index contributed by atoms with van der Waals surface area (Å²) in [6.07, 6.45) is 1.06. The molecule has 1 aromatic carbocycles. The predicted molar refractivity (Wildman–Crippen MR) is 69.7 cm³/mol. The van der Waals surface area contributed by atoms with Gasteiger partial charge in [-0.25, -0.2) is 9.78 Å². The number of aromatic nitrogens is 1. The Morgan fingerprint density at radius 1 is 1.53 bits per heavy atom. The van der Waals surface area contributed by atoms with Gasteiger partial charge in [-0.1, -0.05) is 18.3 Å². The van der Waals surface area contributed by atoms with Gasteiger partial charge in [0, 0.05) is 6.54 Å². The second-order valence-electron chi connectivity index (χ2n) is 3.62. The van der Waals surface area contributed by atoms with Crippen molar-refractivity contribution in [3.8, 4) is 0 Å². The predicted octanol–water partition coefficient (Wildman–Crippen LogP) is 2.90. The van der Waals surface area contributed by atoms with E-state index in [-0.39, 0.29) is 5.97 Å². The first-order valence-electron chi connectivity index (χ1n) is 5.47. The third kappa shape index (κ3) is 2.55. The minimum absolute atomic E-state index is 0.316. The number of carbonyl (C=O) groups excluding carboxylic acids is 1. The molecular weight excluding hydrogens is 236 g/mol. The molecule has 2 aromatic rings. The molecule has 90 valence electrons. The Labute approximate surface area is 104 Å². The van der Waals surface area contributed by atoms with Crippen molar-refractivity contribution < 1.29 is 9.53 Å². The largest absolute Gasteiger partial charge is 0.465 e. The number of rotatable bonds is 4. The highest BCUT2D eigenvalue weighted by atomic mass is 32.1. The van der Waals surface area contributed by atoms with Crippen LogP contribution in [0.15, 0.2) is 18.2 Å². The van der Waals surface area contributed by atoms with Gasteiger partial charge < -0.3 is 10.1 Å². The summed E-state index contributed by atoms with van der Waals surface area (Å²) in [5.74, 6) is -0.316. The van der Waals surface area contributed by atoms with Gasteiger partial charge in [0.15, 0.2) is 5.13 Å². The van der Waals surface area contributed by atoms with Gasteiger partial charge in [-0.2, -0.15) is 0 Å². The van der Waals surface area contributed by atoms with Crippen LogP contribution in [0.2, 0.25) is 0 Å². The number of benzene rings is 1. The van der Waals surface area contributed by atoms with Crippen LogP contribution in [-0.4, -0.2) is 24.6 Å². The summed E-state index contributed by atoms with van der Waals surface area (Å²) >= 11 is 1.55. The van der Waals surface area contributed by atoms with Crippen LogP contribution < -0.4 is 5.32 Å². The van der Waals surface area contributed by atoms with Crippen LogP contribution >= 0.6 is 11.3 Å². The first kappa shape index (κ1) is 11.9. The molecule has 0 saturated carbocycles. The van der Waals surface area contributed by atoms with Gasteiger partial charge in [0.1, 0.15) is 0 Å². The van der Waals surface area contributed by atoms with Crippen LogP contribution in [0.5, 0.6) is 0 Å². The number of carbonyl (C=O) groups is 1. The van der Waals surface area contributed by atoms with Gasteiger partial charge in [-0.15, -0.1) is 0 Å². The molecule has 4 nitrogen and oxygen atoms in total. The number of anilines is 1. The van der Waals surface area contributed by atoms with E-state index in [1.807, 2.05) is 12.1 Å². The van der Waals surface area contributed by atoms with Crippen molar-refractivity contribution >= 4 is 32.7 Å². The molecule has 0 aliphatic heterocycles. The standard InChI is InChI=1S/C12H14N2O2S/c1-3-6-13-12-14-9-5-4-8(11(15)16-2)7-10(9)17-12/h4-5,7H,3,6H2,1-2H3,(H,13,14). The van der Waals surface area contributed by atoms with E-state index in [1.54, 1.807) is 17.4 Å². The van der Waals surface area contributed by atoms with E-state index in [4.69, 9.17) is 0 Å². The Bertz CT molecular complexity index is 536. The molecule has 0 amide bonds. The molecule has 17 heavy (non-hydrogen) atoms. The topological polar surface area (TPSA) is 51.2 Å². The number of esters is 1. The first-order valence-corrected chi connectivity index (χ1v) is 6.29. The summed E-state index contributed by atoms with van der Waals surface area (Å²) in [6.45, 7) is 3.01. The number of hydrogen-bond donors (Lipinski definition) is 1. The maximum absolute atomic E-state index is 11.4. The number of nitrogens with zero attached hydrogens (tertiary/aromatic N) is 1. The maximum Gasteiger partial charge on any atom is 0.337 e. The van der Waals surface area contributed by atoms with Crippen molar-refractivity contribution in [3.63, 3.8) is 0 Å². The van der Waals surface area contributed by atoms with Crippen LogP contribution in [0.25, 0.3) is 10.2 Å². The summed E-state index contributed by atoms with van der Waals surface area (Å²) < 4.78 is 5.68. The van der Waals surface area contributed by atoms with E-state index in [0.29, 0.717) is 5.56 Å². The second kappa shape index (κ2) is 5.14. The van der Waals surface area contributed by atoms with E-state index in [1.165, 1.54) is 7.11 Å². The Hall–Kier alpha value is -1.62. The van der Waals surface area contributed by atoms with Crippen molar-refractivity contribution in [3.05, 3.63) is 23.8 Å². The molecule has 0 aliphatic rings. The van der Waals surface area contributed by atoms with Crippen LogP contribution in [0.3, 0.4) is 0 Å². The van der Waals surface area contributed by atoms with Crippen molar-refractivity contribution in [2.45, 2.75) is 13.3 Å². The molecule has 5 heteroatoms. The number of methoxy groups -OCH3 is 1. The minimum Gasteiger partial charge on any atom is -0.465 e. The van der Waals surface area contributed by atoms with Gasteiger partial charge in [-0.3, -0.25) is 0 Å². The van der Waals surface area contributed by atoms with Crippen LogP contribution in [-0.2, 0) is 4.74 Å². The summed E-state index contributed by atoms with van der Waals surface area (Å²) in [6, 6.07) is 5.39. The summed E-state index contributed by atoms with van der Waals surface area (Å²) in [5, 5.41) is 4.13. The van der Waals surface area contributed by atoms with E-state index in [9.17, 15) is 4.79 Å². The highest BCUT2D eigenvalue weighted by molar-refractivity contribution is 7.22. The molecule has 0 unspecified atom stereocenters. The maximum atomic E-state index is 11.4. The minimum atomic E-state index is -0.316. The number of fused-ring (bicyclic) bond motifs is 1. The fourth-order valence-corrected chi connectivity index (χ4v) is 2.41. The van der Waals surface area contributed by atoms with E-state index >= 15 is 0 Å². The molecule has 1 heterocycles. The number of nitrogens with one attached hydrogen (secondary N) is 1. The highest BCUT2D eigenvalue weighted by Crippen LogP contribution is 2.26. The van der Waals surface area contributed by atoms with E-state index < -0.39 is 0 Å². The van der Waals surface area contributed by atoms with Crippen molar-refractivity contribution in [1.29, 1.82) is 0 Å². The molecule has 0 bridgehead atoms. The first-order chi connectivity index (χ1) is 8.24. The third-order valence-electron chi connectivity index (χ3n) is 2.34.